The van der Waals surface area contributed by atoms with Crippen molar-refractivity contribution in [3.63, 3.8) is 0 Å². The summed E-state index contributed by atoms with van der Waals surface area (Å²) in [6.07, 6.45) is 5.48. The Morgan fingerprint density at radius 2 is 2.00 bits per heavy atom. The Labute approximate surface area is 128 Å². The van der Waals surface area contributed by atoms with E-state index in [2.05, 4.69) is 27.2 Å². The van der Waals surface area contributed by atoms with Crippen molar-refractivity contribution in [1.82, 2.24) is 15.1 Å². The van der Waals surface area contributed by atoms with Gasteiger partial charge >= 0.3 is 0 Å². The van der Waals surface area contributed by atoms with Gasteiger partial charge in [-0.3, -0.25) is 4.90 Å². The monoisotopic (exact) mass is 288 g/mol. The van der Waals surface area contributed by atoms with E-state index in [4.69, 9.17) is 5.73 Å². The SMILES string of the molecule is Nc1cccc(CNCN2CCCC2CN2CCCC2)c1. The first kappa shape index (κ1) is 14.8. The molecule has 0 radical (unpaired) electrons. The Balaban J connectivity index is 1.43. The standard InChI is InChI=1S/C17H28N4/c18-16-6-3-5-15(11-16)12-19-14-21-10-4-7-17(21)13-20-8-1-2-9-20/h3,5-6,11,17,19H,1-2,4,7-10,12-14,18H2. The normalized spacial score (nSPS) is 23.9. The summed E-state index contributed by atoms with van der Waals surface area (Å²) < 4.78 is 0. The van der Waals surface area contributed by atoms with Crippen molar-refractivity contribution in [1.29, 1.82) is 0 Å². The predicted molar refractivity (Wildman–Crippen MR) is 88.0 cm³/mol. The third-order valence-corrected chi connectivity index (χ3v) is 4.76. The summed E-state index contributed by atoms with van der Waals surface area (Å²) in [6.45, 7) is 7.01. The summed E-state index contributed by atoms with van der Waals surface area (Å²) in [6, 6.07) is 8.90. The molecule has 3 rings (SSSR count). The smallest absolute Gasteiger partial charge is 0.0486 e. The van der Waals surface area contributed by atoms with Crippen LogP contribution in [0.2, 0.25) is 0 Å². The summed E-state index contributed by atoms with van der Waals surface area (Å²) in [5.41, 5.74) is 7.94. The van der Waals surface area contributed by atoms with Gasteiger partial charge in [0.05, 0.1) is 0 Å². The van der Waals surface area contributed by atoms with Crippen LogP contribution in [0.1, 0.15) is 31.2 Å². The number of anilines is 1. The number of nitrogens with one attached hydrogen (secondary N) is 1. The molecule has 2 heterocycles. The predicted octanol–water partition coefficient (Wildman–Crippen LogP) is 1.88. The van der Waals surface area contributed by atoms with Gasteiger partial charge in [-0.1, -0.05) is 12.1 Å². The van der Waals surface area contributed by atoms with Crippen LogP contribution in [-0.2, 0) is 6.54 Å². The third-order valence-electron chi connectivity index (χ3n) is 4.76. The van der Waals surface area contributed by atoms with Gasteiger partial charge in [-0.2, -0.15) is 0 Å². The van der Waals surface area contributed by atoms with E-state index in [1.54, 1.807) is 0 Å². The molecule has 0 aliphatic carbocycles. The highest BCUT2D eigenvalue weighted by atomic mass is 15.3. The number of nitrogens with two attached hydrogens (primary N) is 1. The highest BCUT2D eigenvalue weighted by molar-refractivity contribution is 5.40. The highest BCUT2D eigenvalue weighted by Gasteiger charge is 2.26. The number of likely N-dealkylation sites (tertiary alicyclic amines) is 2. The Bertz CT molecular complexity index is 442. The molecule has 0 spiro atoms. The lowest BCUT2D eigenvalue weighted by molar-refractivity contribution is 0.180. The zero-order valence-corrected chi connectivity index (χ0v) is 12.9. The van der Waals surface area contributed by atoms with Crippen LogP contribution in [0, 0.1) is 0 Å². The van der Waals surface area contributed by atoms with E-state index in [0.29, 0.717) is 0 Å². The molecule has 1 aromatic carbocycles. The van der Waals surface area contributed by atoms with Crippen LogP contribution in [-0.4, -0.2) is 48.7 Å². The first-order valence-corrected chi connectivity index (χ1v) is 8.33. The minimum absolute atomic E-state index is 0.747. The van der Waals surface area contributed by atoms with Crippen molar-refractivity contribution in [2.45, 2.75) is 38.3 Å². The maximum atomic E-state index is 5.82. The van der Waals surface area contributed by atoms with E-state index in [-0.39, 0.29) is 0 Å². The van der Waals surface area contributed by atoms with Crippen LogP contribution in [0.15, 0.2) is 24.3 Å². The van der Waals surface area contributed by atoms with E-state index < -0.39 is 0 Å². The molecule has 2 saturated heterocycles. The first-order chi connectivity index (χ1) is 10.3. The molecular formula is C17H28N4. The van der Waals surface area contributed by atoms with Gasteiger partial charge in [0.2, 0.25) is 0 Å². The molecule has 3 N–H and O–H groups in total. The molecule has 0 aromatic heterocycles. The van der Waals surface area contributed by atoms with Crippen molar-refractivity contribution < 1.29 is 0 Å². The highest BCUT2D eigenvalue weighted by Crippen LogP contribution is 2.19. The molecule has 1 atom stereocenters. The van der Waals surface area contributed by atoms with Gasteiger partial charge in [-0.25, -0.2) is 0 Å². The van der Waals surface area contributed by atoms with Crippen molar-refractivity contribution in [3.8, 4) is 0 Å². The lowest BCUT2D eigenvalue weighted by Gasteiger charge is -2.28. The molecule has 0 saturated carbocycles. The lowest BCUT2D eigenvalue weighted by Crippen LogP contribution is -2.43. The van der Waals surface area contributed by atoms with Gasteiger partial charge < -0.3 is 16.0 Å². The Morgan fingerprint density at radius 3 is 2.81 bits per heavy atom. The van der Waals surface area contributed by atoms with Gasteiger partial charge in [-0.05, 0) is 63.0 Å². The summed E-state index contributed by atoms with van der Waals surface area (Å²) in [5.74, 6) is 0. The molecule has 1 unspecified atom stereocenters. The zero-order chi connectivity index (χ0) is 14.5. The quantitative estimate of drug-likeness (QED) is 0.785. The van der Waals surface area contributed by atoms with E-state index in [0.717, 1.165) is 24.9 Å². The van der Waals surface area contributed by atoms with Crippen molar-refractivity contribution in [3.05, 3.63) is 29.8 Å². The minimum atomic E-state index is 0.747. The second-order valence-corrected chi connectivity index (χ2v) is 6.45. The fourth-order valence-electron chi connectivity index (χ4n) is 3.62. The van der Waals surface area contributed by atoms with Crippen LogP contribution in [0.4, 0.5) is 5.69 Å². The molecule has 0 amide bonds. The number of hydrogen-bond donors (Lipinski definition) is 2. The second kappa shape index (κ2) is 7.25. The van der Waals surface area contributed by atoms with E-state index in [1.807, 2.05) is 12.1 Å². The molecule has 116 valence electrons. The third kappa shape index (κ3) is 4.19. The molecule has 21 heavy (non-hydrogen) atoms. The molecule has 2 aliphatic rings. The van der Waals surface area contributed by atoms with E-state index >= 15 is 0 Å². The maximum Gasteiger partial charge on any atom is 0.0486 e. The molecule has 4 heteroatoms. The largest absolute Gasteiger partial charge is 0.399 e. The topological polar surface area (TPSA) is 44.5 Å². The van der Waals surface area contributed by atoms with E-state index in [1.165, 1.54) is 57.4 Å². The fraction of sp³-hybridized carbons (Fsp3) is 0.647. The minimum Gasteiger partial charge on any atom is -0.399 e. The molecule has 2 fully saturated rings. The number of nitrogen functional groups attached to an aromatic ring is 1. The van der Waals surface area contributed by atoms with Gasteiger partial charge in [0.25, 0.3) is 0 Å². The van der Waals surface area contributed by atoms with Gasteiger partial charge in [0, 0.05) is 31.5 Å². The summed E-state index contributed by atoms with van der Waals surface area (Å²) >= 11 is 0. The van der Waals surface area contributed by atoms with Crippen molar-refractivity contribution in [2.75, 3.05) is 38.6 Å². The average molecular weight is 288 g/mol. The fourth-order valence-corrected chi connectivity index (χ4v) is 3.62. The lowest BCUT2D eigenvalue weighted by atomic mass is 10.2. The first-order valence-electron chi connectivity index (χ1n) is 8.33. The number of benzene rings is 1. The van der Waals surface area contributed by atoms with Crippen LogP contribution in [0.25, 0.3) is 0 Å². The van der Waals surface area contributed by atoms with Crippen LogP contribution in [0.5, 0.6) is 0 Å². The van der Waals surface area contributed by atoms with Crippen LogP contribution < -0.4 is 11.1 Å². The summed E-state index contributed by atoms with van der Waals surface area (Å²) in [5, 5.41) is 3.58. The molecule has 0 bridgehead atoms. The number of hydrogen-bond acceptors (Lipinski definition) is 4. The van der Waals surface area contributed by atoms with Gasteiger partial charge in [0.15, 0.2) is 0 Å². The van der Waals surface area contributed by atoms with Crippen molar-refractivity contribution >= 4 is 5.69 Å². The summed E-state index contributed by atoms with van der Waals surface area (Å²) in [7, 11) is 0. The number of rotatable bonds is 6. The van der Waals surface area contributed by atoms with Crippen LogP contribution in [0.3, 0.4) is 0 Å². The van der Waals surface area contributed by atoms with Crippen LogP contribution >= 0.6 is 0 Å². The van der Waals surface area contributed by atoms with Crippen molar-refractivity contribution in [2.24, 2.45) is 0 Å². The molecule has 1 aromatic rings. The maximum absolute atomic E-state index is 5.82. The van der Waals surface area contributed by atoms with Gasteiger partial charge in [0.1, 0.15) is 0 Å². The van der Waals surface area contributed by atoms with Gasteiger partial charge in [-0.15, -0.1) is 0 Å². The molecular weight excluding hydrogens is 260 g/mol. The summed E-state index contributed by atoms with van der Waals surface area (Å²) in [4.78, 5) is 5.26. The zero-order valence-electron chi connectivity index (χ0n) is 12.9. The number of nitrogens with zero attached hydrogens (tertiary/aromatic N) is 2. The molecule has 4 nitrogen and oxygen atoms in total. The Kier molecular flexibility index (Phi) is 5.12. The average Bonchev–Trinajstić information content (AvgIpc) is 3.12. The molecule has 2 aliphatic heterocycles. The van der Waals surface area contributed by atoms with E-state index in [9.17, 15) is 0 Å². The second-order valence-electron chi connectivity index (χ2n) is 6.45. The Morgan fingerprint density at radius 1 is 1.14 bits per heavy atom. The Hall–Kier alpha value is -1.10.